The van der Waals surface area contributed by atoms with Crippen LogP contribution in [0.25, 0.3) is 0 Å². The number of aryl methyl sites for hydroxylation is 1. The summed E-state index contributed by atoms with van der Waals surface area (Å²) in [6.07, 6.45) is 0.262. The molecule has 0 unspecified atom stereocenters. The molecular formula is C8H9BF3KO2S. The van der Waals surface area contributed by atoms with Crippen LogP contribution in [0.3, 0.4) is 0 Å². The van der Waals surface area contributed by atoms with E-state index < -0.39 is 18.4 Å². The first-order valence-corrected chi connectivity index (χ1v) is 5.12. The minimum atomic E-state index is -5.05. The van der Waals surface area contributed by atoms with Crippen molar-refractivity contribution < 1.29 is 73.9 Å². The molecule has 1 aromatic rings. The summed E-state index contributed by atoms with van der Waals surface area (Å²) in [4.78, 5) is 11.2. The molecule has 1 aromatic heterocycles. The van der Waals surface area contributed by atoms with Crippen LogP contribution in [0.5, 0.6) is 0 Å². The van der Waals surface area contributed by atoms with Crippen molar-refractivity contribution in [2.75, 3.05) is 7.11 Å². The molecular weight excluding hydrogens is 267 g/mol. The van der Waals surface area contributed by atoms with E-state index in [-0.39, 0.29) is 67.6 Å². The number of halogens is 3. The maximum Gasteiger partial charge on any atom is 1.00 e. The van der Waals surface area contributed by atoms with Gasteiger partial charge in [-0.15, -0.1) is 11.3 Å². The zero-order valence-electron chi connectivity index (χ0n) is 9.22. The Kier molecular flexibility index (Phi) is 6.83. The summed E-state index contributed by atoms with van der Waals surface area (Å²) in [6, 6.07) is 0.870. The van der Waals surface area contributed by atoms with Crippen LogP contribution in [0, 0.1) is 0 Å². The SMILES string of the molecule is CCc1sc(C(=O)OC)cc1[B-](F)(F)F.[K+]. The van der Waals surface area contributed by atoms with E-state index in [0.717, 1.165) is 24.5 Å². The maximum absolute atomic E-state index is 12.5. The van der Waals surface area contributed by atoms with Crippen LogP contribution in [0.2, 0.25) is 0 Å². The average Bonchev–Trinajstić information content (AvgIpc) is 2.59. The standard InChI is InChI=1S/C8H9BF3O2S.K/c1-3-6-5(9(10,11)12)4-7(15-6)8(13)14-2;/h4H,3H2,1-2H3;/q-1;+1. The van der Waals surface area contributed by atoms with Gasteiger partial charge < -0.3 is 17.7 Å². The van der Waals surface area contributed by atoms with Crippen LogP contribution in [0.15, 0.2) is 6.07 Å². The normalized spacial score (nSPS) is 10.8. The zero-order valence-corrected chi connectivity index (χ0v) is 13.2. The van der Waals surface area contributed by atoms with Crippen molar-refractivity contribution in [3.05, 3.63) is 15.8 Å². The van der Waals surface area contributed by atoms with Gasteiger partial charge in [0, 0.05) is 0 Å². The second-order valence-electron chi connectivity index (χ2n) is 2.91. The summed E-state index contributed by atoms with van der Waals surface area (Å²) in [5.41, 5.74) is -0.678. The number of carbonyl (C=O) groups excluding carboxylic acids is 1. The molecule has 0 bridgehead atoms. The first-order chi connectivity index (χ1) is 6.90. The number of rotatable bonds is 3. The molecule has 0 amide bonds. The molecule has 8 heteroatoms. The Morgan fingerprint density at radius 1 is 1.50 bits per heavy atom. The van der Waals surface area contributed by atoms with Gasteiger partial charge in [0.25, 0.3) is 0 Å². The molecule has 0 radical (unpaired) electrons. The van der Waals surface area contributed by atoms with Crippen LogP contribution in [0.4, 0.5) is 12.9 Å². The van der Waals surface area contributed by atoms with Crippen LogP contribution in [0.1, 0.15) is 21.5 Å². The van der Waals surface area contributed by atoms with Crippen molar-refractivity contribution >= 4 is 29.7 Å². The predicted molar refractivity (Wildman–Crippen MR) is 53.7 cm³/mol. The number of hydrogen-bond acceptors (Lipinski definition) is 3. The Morgan fingerprint density at radius 3 is 2.38 bits per heavy atom. The van der Waals surface area contributed by atoms with Crippen LogP contribution < -0.4 is 56.8 Å². The average molecular weight is 276 g/mol. The number of ether oxygens (including phenoxy) is 1. The van der Waals surface area contributed by atoms with Gasteiger partial charge in [0.05, 0.1) is 7.11 Å². The second kappa shape index (κ2) is 6.56. The molecule has 0 aliphatic heterocycles. The van der Waals surface area contributed by atoms with Gasteiger partial charge in [0.2, 0.25) is 0 Å². The topological polar surface area (TPSA) is 26.3 Å². The van der Waals surface area contributed by atoms with Gasteiger partial charge in [-0.2, -0.15) is 0 Å². The van der Waals surface area contributed by atoms with Gasteiger partial charge in [-0.25, -0.2) is 4.79 Å². The smallest absolute Gasteiger partial charge is 0.465 e. The zero-order chi connectivity index (χ0) is 11.6. The molecule has 0 saturated heterocycles. The van der Waals surface area contributed by atoms with Crippen molar-refractivity contribution in [3.63, 3.8) is 0 Å². The second-order valence-corrected chi connectivity index (χ2v) is 4.05. The molecule has 0 aliphatic rings. The fourth-order valence-electron chi connectivity index (χ4n) is 1.20. The Balaban J connectivity index is 0.00000225. The molecule has 0 fully saturated rings. The molecule has 0 aromatic carbocycles. The van der Waals surface area contributed by atoms with Crippen molar-refractivity contribution in [1.82, 2.24) is 0 Å². The van der Waals surface area contributed by atoms with Gasteiger partial charge in [-0.3, -0.25) is 0 Å². The van der Waals surface area contributed by atoms with Crippen molar-refractivity contribution in [2.45, 2.75) is 13.3 Å². The molecule has 2 nitrogen and oxygen atoms in total. The van der Waals surface area contributed by atoms with Crippen molar-refractivity contribution in [2.24, 2.45) is 0 Å². The third-order valence-electron chi connectivity index (χ3n) is 1.90. The summed E-state index contributed by atoms with van der Waals surface area (Å²) in [6.45, 7) is -3.43. The Labute approximate surface area is 138 Å². The maximum atomic E-state index is 12.5. The summed E-state index contributed by atoms with van der Waals surface area (Å²) in [5, 5.41) is 0. The minimum Gasteiger partial charge on any atom is -0.465 e. The monoisotopic (exact) mass is 276 g/mol. The fraction of sp³-hybridized carbons (Fsp3) is 0.375. The first kappa shape index (κ1) is 16.7. The number of carbonyl (C=O) groups is 1. The minimum absolute atomic E-state index is 0. The molecule has 84 valence electrons. The Morgan fingerprint density at radius 2 is 2.06 bits per heavy atom. The molecule has 0 N–H and O–H groups in total. The van der Waals surface area contributed by atoms with E-state index in [4.69, 9.17) is 0 Å². The molecule has 1 heterocycles. The van der Waals surface area contributed by atoms with E-state index in [1.807, 2.05) is 0 Å². The van der Waals surface area contributed by atoms with E-state index in [2.05, 4.69) is 4.74 Å². The number of hydrogen-bond donors (Lipinski definition) is 0. The van der Waals surface area contributed by atoms with E-state index in [1.54, 1.807) is 6.92 Å². The summed E-state index contributed by atoms with van der Waals surface area (Å²) in [5.74, 6) is -0.721. The van der Waals surface area contributed by atoms with Crippen molar-refractivity contribution in [3.8, 4) is 0 Å². The predicted octanol–water partition coefficient (Wildman–Crippen LogP) is -0.844. The molecule has 0 aliphatic carbocycles. The summed E-state index contributed by atoms with van der Waals surface area (Å²) >= 11 is 0.840. The van der Waals surface area contributed by atoms with E-state index in [0.29, 0.717) is 0 Å². The van der Waals surface area contributed by atoms with Crippen molar-refractivity contribution in [1.29, 1.82) is 0 Å². The molecule has 1 rings (SSSR count). The molecule has 0 saturated carbocycles. The van der Waals surface area contributed by atoms with Gasteiger partial charge in [0.15, 0.2) is 0 Å². The van der Waals surface area contributed by atoms with E-state index in [1.165, 1.54) is 0 Å². The van der Waals surface area contributed by atoms with Crippen LogP contribution in [-0.4, -0.2) is 20.1 Å². The largest absolute Gasteiger partial charge is 1.00 e. The third-order valence-corrected chi connectivity index (χ3v) is 3.18. The van der Waals surface area contributed by atoms with E-state index in [9.17, 15) is 17.7 Å². The van der Waals surface area contributed by atoms with Gasteiger partial charge >= 0.3 is 64.3 Å². The third kappa shape index (κ3) is 3.85. The van der Waals surface area contributed by atoms with Crippen LogP contribution >= 0.6 is 11.3 Å². The van der Waals surface area contributed by atoms with Crippen LogP contribution in [-0.2, 0) is 11.2 Å². The van der Waals surface area contributed by atoms with E-state index >= 15 is 0 Å². The Bertz CT molecular complexity index is 378. The molecule has 0 atom stereocenters. The number of thiophene rings is 1. The summed E-state index contributed by atoms with van der Waals surface area (Å²) < 4.78 is 42.0. The summed E-state index contributed by atoms with van der Waals surface area (Å²) in [7, 11) is 1.14. The number of esters is 1. The van der Waals surface area contributed by atoms with Gasteiger partial charge in [-0.1, -0.05) is 18.5 Å². The molecule has 0 spiro atoms. The van der Waals surface area contributed by atoms with Gasteiger partial charge in [0.1, 0.15) is 4.88 Å². The first-order valence-electron chi connectivity index (χ1n) is 4.31. The molecule has 16 heavy (non-hydrogen) atoms. The quantitative estimate of drug-likeness (QED) is 0.531. The number of methoxy groups -OCH3 is 1. The Hall–Kier alpha value is 0.661. The van der Waals surface area contributed by atoms with Gasteiger partial charge in [-0.05, 0) is 11.3 Å². The fourth-order valence-corrected chi connectivity index (χ4v) is 2.27.